The Morgan fingerprint density at radius 2 is 1.65 bits per heavy atom. The summed E-state index contributed by atoms with van der Waals surface area (Å²) in [4.78, 5) is 4.79. The minimum atomic E-state index is 0.683. The van der Waals surface area contributed by atoms with Crippen LogP contribution in [0.25, 0.3) is 11.3 Å². The van der Waals surface area contributed by atoms with Gasteiger partial charge in [0.1, 0.15) is 5.82 Å². The Hall–Kier alpha value is -2.01. The number of anilines is 2. The molecule has 2 N–H and O–H groups in total. The molecule has 1 fully saturated rings. The molecule has 5 nitrogen and oxygen atoms in total. The molecule has 0 aliphatic carbocycles. The van der Waals surface area contributed by atoms with Crippen LogP contribution in [-0.2, 0) is 7.05 Å². The molecule has 20 heavy (non-hydrogen) atoms. The van der Waals surface area contributed by atoms with Crippen LogP contribution in [0, 0.1) is 0 Å². The molecule has 1 saturated heterocycles. The Labute approximate surface area is 119 Å². The number of rotatable bonds is 2. The van der Waals surface area contributed by atoms with Gasteiger partial charge in [-0.3, -0.25) is 4.68 Å². The maximum absolute atomic E-state index is 5.83. The van der Waals surface area contributed by atoms with Gasteiger partial charge in [0, 0.05) is 50.5 Å². The van der Waals surface area contributed by atoms with Crippen LogP contribution in [0.15, 0.2) is 30.3 Å². The normalized spacial score (nSPS) is 16.6. The molecule has 0 amide bonds. The molecule has 0 atom stereocenters. The molecule has 106 valence electrons. The van der Waals surface area contributed by atoms with Gasteiger partial charge in [0.2, 0.25) is 0 Å². The third-order valence-electron chi connectivity index (χ3n) is 3.95. The fourth-order valence-corrected chi connectivity index (χ4v) is 2.53. The minimum Gasteiger partial charge on any atom is -0.384 e. The maximum atomic E-state index is 5.83. The van der Waals surface area contributed by atoms with E-state index in [4.69, 9.17) is 5.73 Å². The van der Waals surface area contributed by atoms with Crippen LogP contribution in [0.2, 0.25) is 0 Å². The second-order valence-corrected chi connectivity index (χ2v) is 5.42. The zero-order valence-electron chi connectivity index (χ0n) is 12.1. The van der Waals surface area contributed by atoms with Gasteiger partial charge in [-0.05, 0) is 19.2 Å². The molecule has 1 aliphatic rings. The number of nitrogens with two attached hydrogens (primary N) is 1. The minimum absolute atomic E-state index is 0.683. The first-order valence-corrected chi connectivity index (χ1v) is 6.97. The molecule has 0 unspecified atom stereocenters. The summed E-state index contributed by atoms with van der Waals surface area (Å²) < 4.78 is 1.70. The second-order valence-electron chi connectivity index (χ2n) is 5.42. The van der Waals surface area contributed by atoms with Crippen LogP contribution < -0.4 is 10.6 Å². The first-order chi connectivity index (χ1) is 9.63. The summed E-state index contributed by atoms with van der Waals surface area (Å²) in [5.41, 5.74) is 9.14. The van der Waals surface area contributed by atoms with E-state index in [9.17, 15) is 0 Å². The summed E-state index contributed by atoms with van der Waals surface area (Å²) in [5.74, 6) is 0.683. The largest absolute Gasteiger partial charge is 0.384 e. The SMILES string of the molecule is CN1CCN(c2ccc(-c3cc(N)n(C)n3)cc2)CC1. The molecule has 1 aromatic heterocycles. The van der Waals surface area contributed by atoms with E-state index < -0.39 is 0 Å². The molecule has 1 aliphatic heterocycles. The molecule has 2 aromatic rings. The van der Waals surface area contributed by atoms with Crippen LogP contribution in [-0.4, -0.2) is 47.9 Å². The lowest BCUT2D eigenvalue weighted by Gasteiger charge is -2.34. The van der Waals surface area contributed by atoms with Crippen molar-refractivity contribution < 1.29 is 0 Å². The number of hydrogen-bond donors (Lipinski definition) is 1. The summed E-state index contributed by atoms with van der Waals surface area (Å²) in [6.07, 6.45) is 0. The van der Waals surface area contributed by atoms with E-state index in [0.29, 0.717) is 5.82 Å². The summed E-state index contributed by atoms with van der Waals surface area (Å²) in [6, 6.07) is 10.5. The van der Waals surface area contributed by atoms with E-state index in [0.717, 1.165) is 37.4 Å². The molecule has 0 radical (unpaired) electrons. The Kier molecular flexibility index (Phi) is 3.36. The fourth-order valence-electron chi connectivity index (χ4n) is 2.53. The standard InChI is InChI=1S/C15H21N5/c1-18-7-9-20(10-8-18)13-5-3-12(4-6-13)14-11-15(16)19(2)17-14/h3-6,11H,7-10,16H2,1-2H3. The lowest BCUT2D eigenvalue weighted by atomic mass is 10.1. The number of nitrogen functional groups attached to an aromatic ring is 1. The van der Waals surface area contributed by atoms with E-state index in [1.807, 2.05) is 13.1 Å². The number of likely N-dealkylation sites (N-methyl/N-ethyl adjacent to an activating group) is 1. The van der Waals surface area contributed by atoms with Gasteiger partial charge in [0.15, 0.2) is 0 Å². The summed E-state index contributed by atoms with van der Waals surface area (Å²) in [6.45, 7) is 4.43. The molecule has 5 heteroatoms. The highest BCUT2D eigenvalue weighted by atomic mass is 15.3. The zero-order valence-corrected chi connectivity index (χ0v) is 12.1. The van der Waals surface area contributed by atoms with Crippen molar-refractivity contribution in [3.05, 3.63) is 30.3 Å². The van der Waals surface area contributed by atoms with Crippen molar-refractivity contribution in [3.8, 4) is 11.3 Å². The van der Waals surface area contributed by atoms with Crippen LogP contribution in [0.1, 0.15) is 0 Å². The van der Waals surface area contributed by atoms with Crippen LogP contribution in [0.3, 0.4) is 0 Å². The molecule has 3 rings (SSSR count). The Bertz CT molecular complexity index is 559. The average Bonchev–Trinajstić information content (AvgIpc) is 2.80. The third-order valence-corrected chi connectivity index (χ3v) is 3.95. The third kappa shape index (κ3) is 2.49. The predicted octanol–water partition coefficient (Wildman–Crippen LogP) is 1.42. The maximum Gasteiger partial charge on any atom is 0.121 e. The van der Waals surface area contributed by atoms with Gasteiger partial charge in [-0.25, -0.2) is 0 Å². The van der Waals surface area contributed by atoms with E-state index in [1.165, 1.54) is 5.69 Å². The van der Waals surface area contributed by atoms with E-state index in [2.05, 4.69) is 46.2 Å². The van der Waals surface area contributed by atoms with Gasteiger partial charge < -0.3 is 15.5 Å². The lowest BCUT2D eigenvalue weighted by molar-refractivity contribution is 0.313. The van der Waals surface area contributed by atoms with Crippen LogP contribution in [0.5, 0.6) is 0 Å². The van der Waals surface area contributed by atoms with Crippen molar-refractivity contribution in [2.45, 2.75) is 0 Å². The highest BCUT2D eigenvalue weighted by Gasteiger charge is 2.14. The molecular formula is C15H21N5. The Balaban J connectivity index is 1.77. The van der Waals surface area contributed by atoms with Crippen LogP contribution in [0.4, 0.5) is 11.5 Å². The van der Waals surface area contributed by atoms with Crippen LogP contribution >= 0.6 is 0 Å². The van der Waals surface area contributed by atoms with E-state index in [1.54, 1.807) is 4.68 Å². The van der Waals surface area contributed by atoms with Gasteiger partial charge in [-0.2, -0.15) is 5.10 Å². The number of hydrogen-bond acceptors (Lipinski definition) is 4. The van der Waals surface area contributed by atoms with Gasteiger partial charge in [-0.15, -0.1) is 0 Å². The summed E-state index contributed by atoms with van der Waals surface area (Å²) in [5, 5.41) is 4.40. The molecule has 2 heterocycles. The van der Waals surface area contributed by atoms with Gasteiger partial charge in [-0.1, -0.05) is 12.1 Å². The molecule has 0 bridgehead atoms. The quantitative estimate of drug-likeness (QED) is 0.897. The smallest absolute Gasteiger partial charge is 0.121 e. The lowest BCUT2D eigenvalue weighted by Crippen LogP contribution is -2.44. The van der Waals surface area contributed by atoms with Crippen molar-refractivity contribution in [3.63, 3.8) is 0 Å². The Morgan fingerprint density at radius 3 is 2.20 bits per heavy atom. The highest BCUT2D eigenvalue weighted by molar-refractivity contribution is 5.65. The highest BCUT2D eigenvalue weighted by Crippen LogP contribution is 2.24. The van der Waals surface area contributed by atoms with Crippen molar-refractivity contribution in [1.82, 2.24) is 14.7 Å². The number of nitrogens with zero attached hydrogens (tertiary/aromatic N) is 4. The topological polar surface area (TPSA) is 50.3 Å². The number of aromatic nitrogens is 2. The summed E-state index contributed by atoms with van der Waals surface area (Å²) >= 11 is 0. The predicted molar refractivity (Wildman–Crippen MR) is 82.8 cm³/mol. The van der Waals surface area contributed by atoms with Gasteiger partial charge >= 0.3 is 0 Å². The molecular weight excluding hydrogens is 250 g/mol. The fraction of sp³-hybridized carbons (Fsp3) is 0.400. The van der Waals surface area contributed by atoms with E-state index >= 15 is 0 Å². The van der Waals surface area contributed by atoms with Gasteiger partial charge in [0.05, 0.1) is 5.69 Å². The monoisotopic (exact) mass is 271 g/mol. The number of benzene rings is 1. The van der Waals surface area contributed by atoms with Crippen molar-refractivity contribution >= 4 is 11.5 Å². The van der Waals surface area contributed by atoms with Crippen molar-refractivity contribution in [1.29, 1.82) is 0 Å². The molecule has 0 spiro atoms. The van der Waals surface area contributed by atoms with E-state index in [-0.39, 0.29) is 0 Å². The van der Waals surface area contributed by atoms with Gasteiger partial charge in [0.25, 0.3) is 0 Å². The molecule has 0 saturated carbocycles. The first kappa shape index (κ1) is 13.0. The van der Waals surface area contributed by atoms with Crippen molar-refractivity contribution in [2.24, 2.45) is 7.05 Å². The number of piperazine rings is 1. The first-order valence-electron chi connectivity index (χ1n) is 6.97. The van der Waals surface area contributed by atoms with Crippen molar-refractivity contribution in [2.75, 3.05) is 43.9 Å². The molecule has 1 aromatic carbocycles. The Morgan fingerprint density at radius 1 is 1.00 bits per heavy atom. The zero-order chi connectivity index (χ0) is 14.1. The average molecular weight is 271 g/mol. The number of aryl methyl sites for hydroxylation is 1. The summed E-state index contributed by atoms with van der Waals surface area (Å²) in [7, 11) is 4.03. The second kappa shape index (κ2) is 5.17.